The zero-order valence-corrected chi connectivity index (χ0v) is 8.58. The molecule has 0 aromatic heterocycles. The molecule has 0 fully saturated rings. The number of nitrogens with zero attached hydrogens (tertiary/aromatic N) is 2. The van der Waals surface area contributed by atoms with E-state index in [2.05, 4.69) is 5.10 Å². The zero-order chi connectivity index (χ0) is 10.8. The van der Waals surface area contributed by atoms with Gasteiger partial charge in [0.25, 0.3) is 0 Å². The first-order valence-corrected chi connectivity index (χ1v) is 4.81. The van der Waals surface area contributed by atoms with Crippen molar-refractivity contribution < 1.29 is 13.2 Å². The summed E-state index contributed by atoms with van der Waals surface area (Å²) >= 11 is 4.81. The van der Waals surface area contributed by atoms with Gasteiger partial charge in [-0.2, -0.15) is 18.3 Å². The summed E-state index contributed by atoms with van der Waals surface area (Å²) in [5.74, 6) is 0. The second-order valence-corrected chi connectivity index (χ2v) is 3.56. The largest absolute Gasteiger partial charge is 0.431 e. The molecule has 0 saturated carbocycles. The van der Waals surface area contributed by atoms with E-state index in [4.69, 9.17) is 12.2 Å². The Hall–Kier alpha value is -0.650. The van der Waals surface area contributed by atoms with Crippen molar-refractivity contribution in [3.8, 4) is 0 Å². The van der Waals surface area contributed by atoms with Crippen molar-refractivity contribution in [3.63, 3.8) is 0 Å². The Kier molecular flexibility index (Phi) is 3.47. The molecule has 0 N–H and O–H groups in total. The maximum absolute atomic E-state index is 12.2. The third-order valence-electron chi connectivity index (χ3n) is 1.90. The van der Waals surface area contributed by atoms with Crippen LogP contribution in [0.1, 0.15) is 26.2 Å². The summed E-state index contributed by atoms with van der Waals surface area (Å²) in [5.41, 5.74) is -0.779. The van der Waals surface area contributed by atoms with Gasteiger partial charge >= 0.3 is 6.18 Å². The van der Waals surface area contributed by atoms with Gasteiger partial charge in [0.2, 0.25) is 0 Å². The molecule has 80 valence electrons. The maximum atomic E-state index is 12.2. The molecule has 0 amide bonds. The summed E-state index contributed by atoms with van der Waals surface area (Å²) in [4.78, 5) is 0.269. The Labute approximate surface area is 85.8 Å². The second kappa shape index (κ2) is 4.25. The standard InChI is InChI=1S/C8H11F3N2S/c1-2-3-4-13-7(14)5-6(12-13)8(9,10)11/h2-5H2,1H3. The average Bonchev–Trinajstić information content (AvgIpc) is 2.43. The molecule has 0 bridgehead atoms. The summed E-state index contributed by atoms with van der Waals surface area (Å²) in [6.45, 7) is 2.45. The van der Waals surface area contributed by atoms with Crippen LogP contribution in [0.5, 0.6) is 0 Å². The molecular weight excluding hydrogens is 213 g/mol. The highest BCUT2D eigenvalue weighted by atomic mass is 32.1. The summed E-state index contributed by atoms with van der Waals surface area (Å²) in [6, 6.07) is 0. The smallest absolute Gasteiger partial charge is 0.258 e. The highest BCUT2D eigenvalue weighted by Gasteiger charge is 2.40. The first-order chi connectivity index (χ1) is 6.45. The third kappa shape index (κ3) is 2.67. The van der Waals surface area contributed by atoms with Crippen molar-refractivity contribution in [2.24, 2.45) is 5.10 Å². The summed E-state index contributed by atoms with van der Waals surface area (Å²) in [7, 11) is 0. The van der Waals surface area contributed by atoms with E-state index in [0.29, 0.717) is 6.54 Å². The lowest BCUT2D eigenvalue weighted by atomic mass is 10.3. The van der Waals surface area contributed by atoms with E-state index in [1.165, 1.54) is 5.01 Å². The lowest BCUT2D eigenvalue weighted by Crippen LogP contribution is -2.21. The SMILES string of the molecule is CCCCN1N=C(C(F)(F)F)CC1=S. The molecule has 0 aromatic rings. The van der Waals surface area contributed by atoms with Gasteiger partial charge < -0.3 is 0 Å². The fraction of sp³-hybridized carbons (Fsp3) is 0.750. The van der Waals surface area contributed by atoms with Gasteiger partial charge in [-0.1, -0.05) is 25.6 Å². The number of halogens is 3. The Morgan fingerprint density at radius 3 is 2.57 bits per heavy atom. The number of alkyl halides is 3. The van der Waals surface area contributed by atoms with Crippen LogP contribution in [0.25, 0.3) is 0 Å². The van der Waals surface area contributed by atoms with Gasteiger partial charge in [-0.05, 0) is 6.42 Å². The van der Waals surface area contributed by atoms with E-state index in [0.717, 1.165) is 12.8 Å². The summed E-state index contributed by atoms with van der Waals surface area (Å²) in [6.07, 6.45) is -2.88. The van der Waals surface area contributed by atoms with Gasteiger partial charge in [-0.25, -0.2) is 0 Å². The lowest BCUT2D eigenvalue weighted by Gasteiger charge is -2.12. The molecule has 2 nitrogen and oxygen atoms in total. The molecule has 0 saturated heterocycles. The van der Waals surface area contributed by atoms with E-state index in [1.54, 1.807) is 0 Å². The Balaban J connectivity index is 2.62. The number of hydrazone groups is 1. The molecular formula is C8H11F3N2S. The van der Waals surface area contributed by atoms with Gasteiger partial charge in [0, 0.05) is 13.0 Å². The van der Waals surface area contributed by atoms with Crippen LogP contribution in [0, 0.1) is 0 Å². The number of hydrogen-bond acceptors (Lipinski definition) is 2. The summed E-state index contributed by atoms with van der Waals surface area (Å²) < 4.78 is 36.6. The van der Waals surface area contributed by atoms with Crippen molar-refractivity contribution in [2.75, 3.05) is 6.54 Å². The zero-order valence-electron chi connectivity index (χ0n) is 7.76. The summed E-state index contributed by atoms with van der Waals surface area (Å²) in [5, 5.41) is 4.74. The van der Waals surface area contributed by atoms with E-state index < -0.39 is 11.9 Å². The number of unbranched alkanes of at least 4 members (excludes halogenated alkanes) is 1. The fourth-order valence-electron chi connectivity index (χ4n) is 1.11. The highest BCUT2D eigenvalue weighted by molar-refractivity contribution is 7.80. The van der Waals surface area contributed by atoms with Gasteiger partial charge in [-0.15, -0.1) is 0 Å². The van der Waals surface area contributed by atoms with Crippen LogP contribution in [0.4, 0.5) is 13.2 Å². The van der Waals surface area contributed by atoms with Crippen LogP contribution >= 0.6 is 12.2 Å². The van der Waals surface area contributed by atoms with Crippen molar-refractivity contribution in [3.05, 3.63) is 0 Å². The van der Waals surface area contributed by atoms with Crippen molar-refractivity contribution in [1.82, 2.24) is 5.01 Å². The molecule has 0 unspecified atom stereocenters. The van der Waals surface area contributed by atoms with E-state index >= 15 is 0 Å². The van der Waals surface area contributed by atoms with Crippen molar-refractivity contribution in [1.29, 1.82) is 0 Å². The van der Waals surface area contributed by atoms with E-state index in [9.17, 15) is 13.2 Å². The van der Waals surface area contributed by atoms with Crippen molar-refractivity contribution >= 4 is 22.9 Å². The van der Waals surface area contributed by atoms with Crippen LogP contribution in [-0.4, -0.2) is 28.4 Å². The van der Waals surface area contributed by atoms with E-state index in [1.807, 2.05) is 6.92 Å². The van der Waals surface area contributed by atoms with E-state index in [-0.39, 0.29) is 11.4 Å². The first kappa shape index (κ1) is 11.4. The Bertz CT molecular complexity index is 260. The normalized spacial score (nSPS) is 17.6. The quantitative estimate of drug-likeness (QED) is 0.685. The lowest BCUT2D eigenvalue weighted by molar-refractivity contribution is -0.0599. The van der Waals surface area contributed by atoms with Gasteiger partial charge in [-0.3, -0.25) is 5.01 Å². The Morgan fingerprint density at radius 1 is 1.50 bits per heavy atom. The fourth-order valence-corrected chi connectivity index (χ4v) is 1.38. The molecule has 0 radical (unpaired) electrons. The molecule has 6 heteroatoms. The van der Waals surface area contributed by atoms with Gasteiger partial charge in [0.1, 0.15) is 10.7 Å². The van der Waals surface area contributed by atoms with Crippen LogP contribution in [0.3, 0.4) is 0 Å². The number of thiocarbonyl (C=S) groups is 1. The van der Waals surface area contributed by atoms with Crippen LogP contribution in [-0.2, 0) is 0 Å². The van der Waals surface area contributed by atoms with Crippen LogP contribution in [0.2, 0.25) is 0 Å². The second-order valence-electron chi connectivity index (χ2n) is 3.09. The predicted octanol–water partition coefficient (Wildman–Crippen LogP) is 2.74. The minimum absolute atomic E-state index is 0.247. The minimum Gasteiger partial charge on any atom is -0.258 e. The van der Waals surface area contributed by atoms with Crippen LogP contribution in [0.15, 0.2) is 5.10 Å². The van der Waals surface area contributed by atoms with Crippen LogP contribution < -0.4 is 0 Å². The molecule has 1 heterocycles. The molecule has 0 aliphatic carbocycles. The molecule has 0 spiro atoms. The topological polar surface area (TPSA) is 15.6 Å². The molecule has 1 aliphatic rings. The number of hydrogen-bond donors (Lipinski definition) is 0. The predicted molar refractivity (Wildman–Crippen MR) is 52.3 cm³/mol. The first-order valence-electron chi connectivity index (χ1n) is 4.40. The molecule has 0 aromatic carbocycles. The third-order valence-corrected chi connectivity index (χ3v) is 2.25. The molecule has 14 heavy (non-hydrogen) atoms. The van der Waals surface area contributed by atoms with Gasteiger partial charge in [0.15, 0.2) is 0 Å². The minimum atomic E-state index is -4.34. The Morgan fingerprint density at radius 2 is 2.14 bits per heavy atom. The van der Waals surface area contributed by atoms with Gasteiger partial charge in [0.05, 0.1) is 0 Å². The average molecular weight is 224 g/mol. The molecule has 0 atom stereocenters. The monoisotopic (exact) mass is 224 g/mol. The number of rotatable bonds is 3. The molecule has 1 aliphatic heterocycles. The maximum Gasteiger partial charge on any atom is 0.431 e. The van der Waals surface area contributed by atoms with Crippen molar-refractivity contribution in [2.45, 2.75) is 32.4 Å². The molecule has 1 rings (SSSR count). The highest BCUT2D eigenvalue weighted by Crippen LogP contribution is 2.25.